The maximum Gasteiger partial charge on any atom is 0.392 e. The molecule has 3 N–H and O–H groups in total. The molecule has 0 radical (unpaired) electrons. The summed E-state index contributed by atoms with van der Waals surface area (Å²) < 4.78 is 85.3. The third-order valence-electron chi connectivity index (χ3n) is 7.36. The van der Waals surface area contributed by atoms with Crippen LogP contribution in [0.25, 0.3) is 0 Å². The van der Waals surface area contributed by atoms with E-state index in [1.807, 2.05) is 0 Å². The number of amides is 1. The molecule has 0 saturated heterocycles. The van der Waals surface area contributed by atoms with Crippen LogP contribution in [-0.2, 0) is 57.5 Å². The normalized spacial score (nSPS) is 10.6. The molecule has 0 aliphatic heterocycles. The fraction of sp³-hybridized carbons (Fsp3) is 0.634. The summed E-state index contributed by atoms with van der Waals surface area (Å²) in [6, 6.07) is 0. The van der Waals surface area contributed by atoms with Gasteiger partial charge in [0.1, 0.15) is 33.1 Å². The molecular formula is C41H73F3N2O15S. The molecule has 0 aromatic heterocycles. The number of hydrogen-bond acceptors (Lipinski definition) is 15. The second-order valence-electron chi connectivity index (χ2n) is 13.1. The molecule has 0 aromatic rings. The number of alkyl halides is 3. The summed E-state index contributed by atoms with van der Waals surface area (Å²) in [6.45, 7) is 34.6. The fourth-order valence-electron chi connectivity index (χ4n) is 3.03. The molecule has 0 fully saturated rings. The van der Waals surface area contributed by atoms with Crippen LogP contribution in [0.1, 0.15) is 87.5 Å². The summed E-state index contributed by atoms with van der Waals surface area (Å²) >= 11 is 0. The number of nitrogens with one attached hydrogen (secondary N) is 1. The van der Waals surface area contributed by atoms with Crippen LogP contribution in [-0.4, -0.2) is 137 Å². The minimum atomic E-state index is -4.41. The van der Waals surface area contributed by atoms with Gasteiger partial charge in [-0.1, -0.05) is 66.0 Å². The molecule has 0 aliphatic rings. The van der Waals surface area contributed by atoms with Crippen LogP contribution < -0.4 is 5.32 Å². The van der Waals surface area contributed by atoms with E-state index in [0.717, 1.165) is 50.1 Å². The predicted octanol–water partition coefficient (Wildman–Crippen LogP) is 5.40. The molecule has 0 aromatic carbocycles. The van der Waals surface area contributed by atoms with E-state index >= 15 is 0 Å². The molecule has 0 rings (SSSR count). The van der Waals surface area contributed by atoms with Gasteiger partial charge in [-0.3, -0.25) is 8.98 Å². The smallest absolute Gasteiger partial charge is 0.392 e. The number of likely N-dealkylation sites (N-methyl/N-ethyl adjacent to an activating group) is 1. The predicted molar refractivity (Wildman–Crippen MR) is 228 cm³/mol. The first kappa shape index (κ1) is 69.3. The van der Waals surface area contributed by atoms with Crippen LogP contribution in [0.3, 0.4) is 0 Å². The Labute approximate surface area is 367 Å². The molecular weight excluding hydrogens is 850 g/mol. The topological polar surface area (TPSA) is 241 Å². The van der Waals surface area contributed by atoms with Crippen molar-refractivity contribution in [2.45, 2.75) is 93.7 Å². The number of nitrogens with zero attached hydrogens (tertiary/aromatic N) is 1. The average molecular weight is 923 g/mol. The van der Waals surface area contributed by atoms with Crippen molar-refractivity contribution in [3.63, 3.8) is 0 Å². The number of carbonyl (C=O) groups excluding carboxylic acids is 5. The van der Waals surface area contributed by atoms with Crippen LogP contribution in [0.2, 0.25) is 0 Å². The number of hydrogen-bond donors (Lipinski definition) is 3. The number of esters is 4. The quantitative estimate of drug-likeness (QED) is 0.0234. The Balaban J connectivity index is -0.000000156. The average Bonchev–Trinajstić information content (AvgIpc) is 3.19. The molecule has 0 aliphatic carbocycles. The molecule has 62 heavy (non-hydrogen) atoms. The number of carbonyl (C=O) groups is 5. The molecule has 0 saturated carbocycles. The molecule has 0 heterocycles. The largest absolute Gasteiger partial charge is 0.726 e. The molecule has 1 unspecified atom stereocenters. The van der Waals surface area contributed by atoms with Crippen LogP contribution in [0.4, 0.5) is 13.2 Å². The second kappa shape index (κ2) is 41.9. The molecule has 364 valence electrons. The summed E-state index contributed by atoms with van der Waals surface area (Å²) in [5, 5.41) is 18.3. The molecule has 17 nitrogen and oxygen atoms in total. The van der Waals surface area contributed by atoms with Crippen molar-refractivity contribution >= 4 is 40.2 Å². The maximum absolute atomic E-state index is 11.5. The zero-order chi connectivity index (χ0) is 50.1. The first-order valence-corrected chi connectivity index (χ1v) is 20.6. The van der Waals surface area contributed by atoms with E-state index in [1.165, 1.54) is 19.8 Å². The number of ether oxygens (including phenoxy) is 4. The van der Waals surface area contributed by atoms with Gasteiger partial charge in [0.15, 0.2) is 0 Å². The van der Waals surface area contributed by atoms with Gasteiger partial charge in [0.25, 0.3) is 0 Å². The highest BCUT2D eigenvalue weighted by atomic mass is 32.3. The van der Waals surface area contributed by atoms with Gasteiger partial charge < -0.3 is 43.5 Å². The lowest BCUT2D eigenvalue weighted by Gasteiger charge is -2.31. The van der Waals surface area contributed by atoms with Crippen molar-refractivity contribution in [3.8, 4) is 0 Å². The maximum atomic E-state index is 11.5. The van der Waals surface area contributed by atoms with E-state index in [1.54, 1.807) is 20.8 Å². The highest BCUT2D eigenvalue weighted by molar-refractivity contribution is 7.80. The highest BCUT2D eigenvalue weighted by Gasteiger charge is 2.27. The van der Waals surface area contributed by atoms with Crippen molar-refractivity contribution in [2.75, 3.05) is 73.6 Å². The summed E-state index contributed by atoms with van der Waals surface area (Å²) in [4.78, 5) is 53.2. The van der Waals surface area contributed by atoms with Crippen molar-refractivity contribution in [1.29, 1.82) is 0 Å². The van der Waals surface area contributed by atoms with Gasteiger partial charge in [0.05, 0.1) is 46.9 Å². The monoisotopic (exact) mass is 922 g/mol. The van der Waals surface area contributed by atoms with E-state index in [4.69, 9.17) is 19.7 Å². The van der Waals surface area contributed by atoms with Crippen molar-refractivity contribution < 1.29 is 87.9 Å². The summed E-state index contributed by atoms with van der Waals surface area (Å²) in [5.74, 6) is -1.65. The number of rotatable bonds is 22. The van der Waals surface area contributed by atoms with Crippen LogP contribution in [0, 0.1) is 5.92 Å². The number of unbranched alkanes of at least 4 members (excludes halogenated alkanes) is 1. The standard InChI is InChI=1S/C12H22O2.C11H22NO2.C7H9F3O2.C6H10O3.C4H7NO2.CH4O4S/c1-5-7-8-11(6-2)9-14-12(13)10(3)4;1-6-12(5,7-2)8-9-14-11(13)10(3)4;1-5(2)6(11)12-4-3-7(8,9)10;1-5(2)6(8)9-4-3-7;1-2-4(7)5-3-6;1-5-6(2,3)4/h11H,3,5-9H2,1-2,4H3;3,6-9H2,1-2,4-5H3;1,3-4H2,2H3;7H,1,3-4H2,2H3;2,6H,1,3H2,(H,5,7);1H3,(H,2,3,4)/q;+1;;;;/p-1. The fourth-order valence-corrected chi connectivity index (χ4v) is 3.03. The molecule has 1 amide bonds. The highest BCUT2D eigenvalue weighted by Crippen LogP contribution is 2.19. The van der Waals surface area contributed by atoms with Crippen LogP contribution >= 0.6 is 0 Å². The van der Waals surface area contributed by atoms with Crippen LogP contribution in [0.15, 0.2) is 61.3 Å². The summed E-state index contributed by atoms with van der Waals surface area (Å²) in [6.07, 6.45) is 0.325. The van der Waals surface area contributed by atoms with E-state index in [2.05, 4.69) is 86.6 Å². The Morgan fingerprint density at radius 2 is 1.16 bits per heavy atom. The minimum Gasteiger partial charge on any atom is -0.726 e. The Bertz CT molecular complexity index is 1450. The van der Waals surface area contributed by atoms with Crippen molar-refractivity contribution in [2.24, 2.45) is 5.92 Å². The van der Waals surface area contributed by atoms with Gasteiger partial charge >= 0.3 is 30.1 Å². The van der Waals surface area contributed by atoms with Gasteiger partial charge in [0, 0.05) is 22.3 Å². The summed E-state index contributed by atoms with van der Waals surface area (Å²) in [7, 11) is -1.44. The SMILES string of the molecule is C=C(C)C(=O)OCC(CC)CCCC.C=C(C)C(=O)OCCC(F)(F)F.C=C(C)C(=O)OCCO.C=C(C)C(=O)OCC[N+](C)(CC)CC.C=CC(=O)NCO.COS(=O)(=O)[O-]. The Morgan fingerprint density at radius 3 is 1.44 bits per heavy atom. The van der Waals surface area contributed by atoms with E-state index in [0.29, 0.717) is 35.9 Å². The lowest BCUT2D eigenvalue weighted by Crippen LogP contribution is -2.46. The van der Waals surface area contributed by atoms with Gasteiger partial charge in [-0.05, 0) is 60.0 Å². The molecule has 0 bridgehead atoms. The first-order valence-electron chi connectivity index (χ1n) is 19.3. The molecule has 21 heteroatoms. The van der Waals surface area contributed by atoms with Crippen LogP contribution in [0.5, 0.6) is 0 Å². The number of halogens is 3. The van der Waals surface area contributed by atoms with E-state index in [-0.39, 0.29) is 43.4 Å². The zero-order valence-corrected chi connectivity index (χ0v) is 39.1. The summed E-state index contributed by atoms with van der Waals surface area (Å²) in [5.41, 5.74) is 1.39. The van der Waals surface area contributed by atoms with E-state index < -0.39 is 41.5 Å². The molecule has 1 atom stereocenters. The van der Waals surface area contributed by atoms with E-state index in [9.17, 15) is 50.1 Å². The van der Waals surface area contributed by atoms with Crippen molar-refractivity contribution in [1.82, 2.24) is 5.32 Å². The zero-order valence-electron chi connectivity index (χ0n) is 38.3. The van der Waals surface area contributed by atoms with Gasteiger partial charge in [0.2, 0.25) is 16.3 Å². The van der Waals surface area contributed by atoms with Gasteiger partial charge in [-0.2, -0.15) is 13.2 Å². The molecule has 0 spiro atoms. The Hall–Kier alpha value is -4.41. The third kappa shape index (κ3) is 55.6. The van der Waals surface area contributed by atoms with Crippen molar-refractivity contribution in [3.05, 3.63) is 61.3 Å². The third-order valence-corrected chi connectivity index (χ3v) is 7.77. The Kier molecular flexibility index (Phi) is 46.8. The number of quaternary nitrogens is 1. The Morgan fingerprint density at radius 1 is 0.774 bits per heavy atom. The first-order chi connectivity index (χ1) is 28.4. The van der Waals surface area contributed by atoms with Gasteiger partial charge in [-0.25, -0.2) is 27.6 Å². The lowest BCUT2D eigenvalue weighted by atomic mass is 10.0. The van der Waals surface area contributed by atoms with Gasteiger partial charge in [-0.15, -0.1) is 0 Å². The number of aliphatic hydroxyl groups excluding tert-OH is 2. The second-order valence-corrected chi connectivity index (χ2v) is 14.2. The minimum absolute atomic E-state index is 0.0473. The lowest BCUT2D eigenvalue weighted by molar-refractivity contribution is -0.906. The number of aliphatic hydroxyl groups is 2.